The van der Waals surface area contributed by atoms with Crippen LogP contribution in [0.25, 0.3) is 0 Å². The molecule has 2 aliphatic rings. The molecule has 3 unspecified atom stereocenters. The number of fused-ring (bicyclic) bond motifs is 1. The first-order valence-electron chi connectivity index (χ1n) is 7.98. The summed E-state index contributed by atoms with van der Waals surface area (Å²) in [6, 6.07) is 2.96. The Kier molecular flexibility index (Phi) is 3.89. The second-order valence-corrected chi connectivity index (χ2v) is 6.50. The standard InChI is InChI=1S/C17H22N2O3/c1-10-7-8-13(11(2)18-10)16(20)19-14-6-4-3-5-12(14)9-15(19)17(21)22/h7-8,12,14-15H,3-6,9H2,1-2H3,(H,21,22). The third-order valence-electron chi connectivity index (χ3n) is 5.06. The summed E-state index contributed by atoms with van der Waals surface area (Å²) in [4.78, 5) is 30.6. The van der Waals surface area contributed by atoms with Gasteiger partial charge in [-0.05, 0) is 51.2 Å². The van der Waals surface area contributed by atoms with Crippen LogP contribution in [0, 0.1) is 19.8 Å². The van der Waals surface area contributed by atoms with Gasteiger partial charge in [0.2, 0.25) is 0 Å². The van der Waals surface area contributed by atoms with Crippen LogP contribution in [-0.2, 0) is 4.79 Å². The minimum absolute atomic E-state index is 0.0723. The Labute approximate surface area is 130 Å². The van der Waals surface area contributed by atoms with E-state index in [2.05, 4.69) is 4.98 Å². The molecule has 3 atom stereocenters. The molecule has 3 rings (SSSR count). The van der Waals surface area contributed by atoms with Crippen molar-refractivity contribution in [2.75, 3.05) is 0 Å². The summed E-state index contributed by atoms with van der Waals surface area (Å²) in [5, 5.41) is 9.53. The zero-order valence-electron chi connectivity index (χ0n) is 13.1. The number of carbonyl (C=O) groups is 2. The Bertz CT molecular complexity index is 614. The number of carboxylic acid groups (broad SMARTS) is 1. The smallest absolute Gasteiger partial charge is 0.326 e. The predicted octanol–water partition coefficient (Wildman–Crippen LogP) is 2.56. The molecule has 0 bridgehead atoms. The first-order chi connectivity index (χ1) is 10.5. The van der Waals surface area contributed by atoms with Crippen molar-refractivity contribution in [2.45, 2.75) is 58.0 Å². The van der Waals surface area contributed by atoms with Crippen molar-refractivity contribution in [3.05, 3.63) is 29.1 Å². The highest BCUT2D eigenvalue weighted by Gasteiger charge is 2.47. The van der Waals surface area contributed by atoms with Crippen molar-refractivity contribution >= 4 is 11.9 Å². The largest absolute Gasteiger partial charge is 0.480 e. The summed E-state index contributed by atoms with van der Waals surface area (Å²) < 4.78 is 0. The number of likely N-dealkylation sites (tertiary alicyclic amines) is 1. The molecule has 1 saturated carbocycles. The van der Waals surface area contributed by atoms with Gasteiger partial charge in [-0.2, -0.15) is 0 Å². The Morgan fingerprint density at radius 2 is 1.95 bits per heavy atom. The molecule has 1 amide bonds. The molecule has 22 heavy (non-hydrogen) atoms. The van der Waals surface area contributed by atoms with E-state index in [1.54, 1.807) is 11.0 Å². The van der Waals surface area contributed by atoms with Gasteiger partial charge in [-0.25, -0.2) is 4.79 Å². The highest BCUT2D eigenvalue weighted by Crippen LogP contribution is 2.40. The molecule has 2 fully saturated rings. The van der Waals surface area contributed by atoms with Gasteiger partial charge in [0.15, 0.2) is 0 Å². The maximum absolute atomic E-state index is 13.0. The lowest BCUT2D eigenvalue weighted by molar-refractivity contribution is -0.141. The van der Waals surface area contributed by atoms with Gasteiger partial charge in [0.05, 0.1) is 11.3 Å². The summed E-state index contributed by atoms with van der Waals surface area (Å²) in [6.07, 6.45) is 4.75. The minimum Gasteiger partial charge on any atom is -0.480 e. The second-order valence-electron chi connectivity index (χ2n) is 6.50. The van der Waals surface area contributed by atoms with Gasteiger partial charge in [-0.3, -0.25) is 9.78 Å². The second kappa shape index (κ2) is 5.71. The van der Waals surface area contributed by atoms with Crippen molar-refractivity contribution in [2.24, 2.45) is 5.92 Å². The molecule has 0 aromatic carbocycles. The van der Waals surface area contributed by atoms with Gasteiger partial charge >= 0.3 is 5.97 Å². The highest BCUT2D eigenvalue weighted by molar-refractivity contribution is 5.98. The molecule has 118 valence electrons. The van der Waals surface area contributed by atoms with Crippen LogP contribution >= 0.6 is 0 Å². The van der Waals surface area contributed by atoms with Crippen LogP contribution in [0.4, 0.5) is 0 Å². The van der Waals surface area contributed by atoms with E-state index in [1.807, 2.05) is 19.9 Å². The SMILES string of the molecule is Cc1ccc(C(=O)N2C(C(=O)O)CC3CCCCC32)c(C)n1. The van der Waals surface area contributed by atoms with E-state index < -0.39 is 12.0 Å². The van der Waals surface area contributed by atoms with Crippen LogP contribution in [0.3, 0.4) is 0 Å². The number of rotatable bonds is 2. The van der Waals surface area contributed by atoms with Gasteiger partial charge in [-0.1, -0.05) is 12.8 Å². The summed E-state index contributed by atoms with van der Waals surface area (Å²) >= 11 is 0. The van der Waals surface area contributed by atoms with E-state index in [4.69, 9.17) is 0 Å². The quantitative estimate of drug-likeness (QED) is 0.911. The third kappa shape index (κ3) is 2.49. The van der Waals surface area contributed by atoms with Crippen molar-refractivity contribution in [3.63, 3.8) is 0 Å². The van der Waals surface area contributed by atoms with E-state index in [-0.39, 0.29) is 11.9 Å². The van der Waals surface area contributed by atoms with Crippen LogP contribution in [-0.4, -0.2) is 39.0 Å². The topological polar surface area (TPSA) is 70.5 Å². The van der Waals surface area contributed by atoms with Gasteiger partial charge in [0.1, 0.15) is 6.04 Å². The average Bonchev–Trinajstić information content (AvgIpc) is 2.86. The molecule has 0 spiro atoms. The number of aliphatic carboxylic acids is 1. The number of aromatic nitrogens is 1. The Morgan fingerprint density at radius 1 is 1.23 bits per heavy atom. The summed E-state index contributed by atoms with van der Waals surface area (Å²) in [6.45, 7) is 3.69. The average molecular weight is 302 g/mol. The number of aryl methyl sites for hydroxylation is 2. The lowest BCUT2D eigenvalue weighted by Gasteiger charge is -2.33. The number of pyridine rings is 1. The molecule has 1 saturated heterocycles. The normalized spacial score (nSPS) is 27.5. The van der Waals surface area contributed by atoms with Crippen LogP contribution in [0.2, 0.25) is 0 Å². The molecular weight excluding hydrogens is 280 g/mol. The fourth-order valence-electron chi connectivity index (χ4n) is 4.02. The number of carbonyl (C=O) groups excluding carboxylic acids is 1. The minimum atomic E-state index is -0.888. The number of hydrogen-bond acceptors (Lipinski definition) is 3. The monoisotopic (exact) mass is 302 g/mol. The first-order valence-corrected chi connectivity index (χ1v) is 7.98. The molecule has 5 nitrogen and oxygen atoms in total. The van der Waals surface area contributed by atoms with Crippen molar-refractivity contribution in [1.82, 2.24) is 9.88 Å². The third-order valence-corrected chi connectivity index (χ3v) is 5.06. The van der Waals surface area contributed by atoms with E-state index in [0.29, 0.717) is 23.6 Å². The first kappa shape index (κ1) is 15.0. The molecule has 1 N–H and O–H groups in total. The molecule has 5 heteroatoms. The lowest BCUT2D eigenvalue weighted by atomic mass is 9.84. The Morgan fingerprint density at radius 3 is 2.64 bits per heavy atom. The molecule has 0 radical (unpaired) electrons. The summed E-state index contributed by atoms with van der Waals surface area (Å²) in [5.74, 6) is -0.732. The predicted molar refractivity (Wildman–Crippen MR) is 81.7 cm³/mol. The Hall–Kier alpha value is -1.91. The molecule has 1 aromatic rings. The zero-order chi connectivity index (χ0) is 15.9. The van der Waals surface area contributed by atoms with Crippen LogP contribution in [0.15, 0.2) is 12.1 Å². The van der Waals surface area contributed by atoms with Crippen molar-refractivity contribution in [3.8, 4) is 0 Å². The number of carboxylic acids is 1. The summed E-state index contributed by atoms with van der Waals surface area (Å²) in [5.41, 5.74) is 2.07. The van der Waals surface area contributed by atoms with E-state index in [9.17, 15) is 14.7 Å². The molecule has 1 aliphatic carbocycles. The van der Waals surface area contributed by atoms with Crippen LogP contribution < -0.4 is 0 Å². The molecule has 1 aromatic heterocycles. The number of hydrogen-bond donors (Lipinski definition) is 1. The molecule has 2 heterocycles. The van der Waals surface area contributed by atoms with Gasteiger partial charge in [-0.15, -0.1) is 0 Å². The summed E-state index contributed by atoms with van der Waals surface area (Å²) in [7, 11) is 0. The van der Waals surface area contributed by atoms with Crippen molar-refractivity contribution in [1.29, 1.82) is 0 Å². The number of amides is 1. The number of nitrogens with zero attached hydrogens (tertiary/aromatic N) is 2. The fraction of sp³-hybridized carbons (Fsp3) is 0.588. The fourth-order valence-corrected chi connectivity index (χ4v) is 4.02. The Balaban J connectivity index is 1.95. The van der Waals surface area contributed by atoms with E-state index >= 15 is 0 Å². The van der Waals surface area contributed by atoms with Crippen LogP contribution in [0.5, 0.6) is 0 Å². The highest BCUT2D eigenvalue weighted by atomic mass is 16.4. The zero-order valence-corrected chi connectivity index (χ0v) is 13.1. The van der Waals surface area contributed by atoms with Crippen LogP contribution in [0.1, 0.15) is 53.8 Å². The van der Waals surface area contributed by atoms with E-state index in [1.165, 1.54) is 0 Å². The van der Waals surface area contributed by atoms with Gasteiger partial charge in [0, 0.05) is 11.7 Å². The van der Waals surface area contributed by atoms with Gasteiger partial charge < -0.3 is 10.0 Å². The lowest BCUT2D eigenvalue weighted by Crippen LogP contribution is -2.46. The molecule has 1 aliphatic heterocycles. The molecular formula is C17H22N2O3. The maximum atomic E-state index is 13.0. The maximum Gasteiger partial charge on any atom is 0.326 e. The van der Waals surface area contributed by atoms with Crippen molar-refractivity contribution < 1.29 is 14.7 Å². The van der Waals surface area contributed by atoms with E-state index in [0.717, 1.165) is 31.4 Å². The van der Waals surface area contributed by atoms with Gasteiger partial charge in [0.25, 0.3) is 5.91 Å².